The first-order valence-corrected chi connectivity index (χ1v) is 17.6. The summed E-state index contributed by atoms with van der Waals surface area (Å²) in [5.41, 5.74) is 9.80. The van der Waals surface area contributed by atoms with E-state index in [1.165, 1.54) is 92.8 Å². The van der Waals surface area contributed by atoms with Crippen LogP contribution in [-0.2, 0) is 0 Å². The van der Waals surface area contributed by atoms with Crippen LogP contribution in [0.25, 0.3) is 98.4 Å². The Morgan fingerprint density at radius 2 is 0.784 bits per heavy atom. The summed E-state index contributed by atoms with van der Waals surface area (Å²) in [5, 5.41) is 12.4. The lowest BCUT2D eigenvalue weighted by Crippen LogP contribution is -1.98. The van der Waals surface area contributed by atoms with Crippen molar-refractivity contribution >= 4 is 53.9 Å². The zero-order chi connectivity index (χ0) is 33.5. The fourth-order valence-corrected chi connectivity index (χ4v) is 8.48. The first kappa shape index (κ1) is 28.2. The maximum Gasteiger partial charge on any atom is 0.135 e. The van der Waals surface area contributed by atoms with E-state index in [0.717, 1.165) is 17.1 Å². The minimum absolute atomic E-state index is 0.908. The van der Waals surface area contributed by atoms with Crippen LogP contribution in [0.3, 0.4) is 0 Å². The summed E-state index contributed by atoms with van der Waals surface area (Å²) >= 11 is 0. The van der Waals surface area contributed by atoms with Gasteiger partial charge in [0, 0.05) is 10.9 Å². The van der Waals surface area contributed by atoms with Crippen molar-refractivity contribution < 1.29 is 4.74 Å². The Balaban J connectivity index is 1.11. The molecule has 0 radical (unpaired) electrons. The monoisotopic (exact) mass is 646 g/mol. The van der Waals surface area contributed by atoms with Crippen molar-refractivity contribution in [3.05, 3.63) is 182 Å². The number of para-hydroxylation sites is 1. The SMILES string of the molecule is c1ccc2c(c1)Oc1ccc(-c3c4ccccc4c(-c4ccc5cc(-c6ccc7ccccc7c6)ccc5c4)c4ccccc34)c3cccc-2c13. The van der Waals surface area contributed by atoms with E-state index in [2.05, 4.69) is 176 Å². The predicted octanol–water partition coefficient (Wildman–Crippen LogP) is 14.2. The molecule has 0 amide bonds. The Labute approximate surface area is 295 Å². The van der Waals surface area contributed by atoms with Crippen LogP contribution in [0.4, 0.5) is 0 Å². The van der Waals surface area contributed by atoms with Gasteiger partial charge in [-0.1, -0.05) is 146 Å². The van der Waals surface area contributed by atoms with Crippen molar-refractivity contribution in [1.29, 1.82) is 0 Å². The molecular formula is C50H30O. The highest BCUT2D eigenvalue weighted by atomic mass is 16.5. The Bertz CT molecular complexity index is 3000. The maximum absolute atomic E-state index is 6.48. The molecule has 0 fully saturated rings. The van der Waals surface area contributed by atoms with E-state index in [1.54, 1.807) is 0 Å². The summed E-state index contributed by atoms with van der Waals surface area (Å²) in [6.45, 7) is 0. The highest BCUT2D eigenvalue weighted by Gasteiger charge is 2.23. The number of hydrogen-bond donors (Lipinski definition) is 0. The highest BCUT2D eigenvalue weighted by molar-refractivity contribution is 6.25. The second-order valence-electron chi connectivity index (χ2n) is 13.6. The quantitative estimate of drug-likeness (QED) is 0.174. The number of rotatable bonds is 3. The molecule has 0 aromatic heterocycles. The minimum Gasteiger partial charge on any atom is -0.456 e. The molecule has 10 aromatic rings. The van der Waals surface area contributed by atoms with Crippen LogP contribution in [0.15, 0.2) is 182 Å². The van der Waals surface area contributed by atoms with Crippen LogP contribution in [-0.4, -0.2) is 0 Å². The molecular weight excluding hydrogens is 617 g/mol. The summed E-state index contributed by atoms with van der Waals surface area (Å²) in [7, 11) is 0. The van der Waals surface area contributed by atoms with Crippen molar-refractivity contribution in [2.24, 2.45) is 0 Å². The summed E-state index contributed by atoms with van der Waals surface area (Å²) in [6.07, 6.45) is 0. The maximum atomic E-state index is 6.48. The zero-order valence-electron chi connectivity index (χ0n) is 27.7. The van der Waals surface area contributed by atoms with Crippen LogP contribution >= 0.6 is 0 Å². The van der Waals surface area contributed by atoms with Crippen LogP contribution in [0.2, 0.25) is 0 Å². The molecule has 10 aromatic carbocycles. The number of fused-ring (bicyclic) bond motifs is 6. The van der Waals surface area contributed by atoms with Crippen molar-refractivity contribution in [2.45, 2.75) is 0 Å². The first-order chi connectivity index (χ1) is 25.3. The molecule has 11 rings (SSSR count). The average molecular weight is 647 g/mol. The van der Waals surface area contributed by atoms with Gasteiger partial charge in [0.15, 0.2) is 0 Å². The van der Waals surface area contributed by atoms with E-state index >= 15 is 0 Å². The summed E-state index contributed by atoms with van der Waals surface area (Å²) in [6, 6.07) is 66.4. The average Bonchev–Trinajstić information content (AvgIpc) is 3.20. The van der Waals surface area contributed by atoms with Crippen molar-refractivity contribution in [1.82, 2.24) is 0 Å². The van der Waals surface area contributed by atoms with E-state index in [-0.39, 0.29) is 0 Å². The molecule has 0 saturated heterocycles. The molecule has 0 aliphatic carbocycles. The lowest BCUT2D eigenvalue weighted by molar-refractivity contribution is 0.487. The Kier molecular flexibility index (Phi) is 6.02. The van der Waals surface area contributed by atoms with Gasteiger partial charge in [-0.05, 0) is 124 Å². The fraction of sp³-hybridized carbons (Fsp3) is 0. The van der Waals surface area contributed by atoms with Crippen molar-refractivity contribution in [2.75, 3.05) is 0 Å². The topological polar surface area (TPSA) is 9.23 Å². The van der Waals surface area contributed by atoms with Crippen LogP contribution < -0.4 is 4.74 Å². The van der Waals surface area contributed by atoms with E-state index < -0.39 is 0 Å². The van der Waals surface area contributed by atoms with E-state index in [4.69, 9.17) is 4.74 Å². The molecule has 236 valence electrons. The van der Waals surface area contributed by atoms with Gasteiger partial charge in [-0.2, -0.15) is 0 Å². The van der Waals surface area contributed by atoms with E-state index in [9.17, 15) is 0 Å². The second-order valence-corrected chi connectivity index (χ2v) is 13.6. The molecule has 1 heteroatoms. The first-order valence-electron chi connectivity index (χ1n) is 17.6. The van der Waals surface area contributed by atoms with Gasteiger partial charge < -0.3 is 4.74 Å². The Hall–Kier alpha value is -6.70. The third-order valence-corrected chi connectivity index (χ3v) is 10.8. The standard InChI is InChI=1S/C50H30O/c1-2-11-32-28-33(21-20-31(32)10-1)34-22-23-36-30-37(25-24-35(36)29-34)48-40-13-3-5-15-42(40)49(43-16-6-4-14-41(43)48)45-26-27-47-50-39(17-9-18-44(45)50)38-12-7-8-19-46(38)51-47/h1-30H. The molecule has 0 unspecified atom stereocenters. The minimum atomic E-state index is 0.908. The second kappa shape index (κ2) is 10.9. The van der Waals surface area contributed by atoms with Gasteiger partial charge in [0.2, 0.25) is 0 Å². The number of benzene rings is 10. The van der Waals surface area contributed by atoms with Gasteiger partial charge in [0.25, 0.3) is 0 Å². The smallest absolute Gasteiger partial charge is 0.135 e. The third kappa shape index (κ3) is 4.28. The zero-order valence-corrected chi connectivity index (χ0v) is 27.7. The van der Waals surface area contributed by atoms with Crippen LogP contribution in [0.5, 0.6) is 11.5 Å². The van der Waals surface area contributed by atoms with E-state index in [0.29, 0.717) is 0 Å². The third-order valence-electron chi connectivity index (χ3n) is 10.8. The molecule has 0 N–H and O–H groups in total. The molecule has 0 spiro atoms. The van der Waals surface area contributed by atoms with Gasteiger partial charge in [0.05, 0.1) is 0 Å². The van der Waals surface area contributed by atoms with Gasteiger partial charge in [-0.25, -0.2) is 0 Å². The molecule has 0 atom stereocenters. The summed E-state index contributed by atoms with van der Waals surface area (Å²) in [5.74, 6) is 1.82. The van der Waals surface area contributed by atoms with Crippen LogP contribution in [0.1, 0.15) is 0 Å². The molecule has 0 bridgehead atoms. The van der Waals surface area contributed by atoms with Crippen molar-refractivity contribution in [3.8, 4) is 56.0 Å². The van der Waals surface area contributed by atoms with E-state index in [1.807, 2.05) is 6.07 Å². The van der Waals surface area contributed by atoms with Crippen LogP contribution in [0, 0.1) is 0 Å². The summed E-state index contributed by atoms with van der Waals surface area (Å²) < 4.78 is 6.48. The molecule has 1 aliphatic rings. The lowest BCUT2D eigenvalue weighted by Gasteiger charge is -2.24. The summed E-state index contributed by atoms with van der Waals surface area (Å²) in [4.78, 5) is 0. The van der Waals surface area contributed by atoms with Gasteiger partial charge >= 0.3 is 0 Å². The molecule has 51 heavy (non-hydrogen) atoms. The van der Waals surface area contributed by atoms with Gasteiger partial charge in [-0.15, -0.1) is 0 Å². The molecule has 1 aliphatic heterocycles. The lowest BCUT2D eigenvalue weighted by atomic mass is 9.83. The highest BCUT2D eigenvalue weighted by Crippen LogP contribution is 2.51. The Morgan fingerprint density at radius 3 is 1.51 bits per heavy atom. The van der Waals surface area contributed by atoms with Crippen molar-refractivity contribution in [3.63, 3.8) is 0 Å². The predicted molar refractivity (Wildman–Crippen MR) is 216 cm³/mol. The Morgan fingerprint density at radius 1 is 0.275 bits per heavy atom. The molecule has 0 saturated carbocycles. The van der Waals surface area contributed by atoms with Gasteiger partial charge in [-0.3, -0.25) is 0 Å². The van der Waals surface area contributed by atoms with Gasteiger partial charge in [0.1, 0.15) is 11.5 Å². The number of ether oxygens (including phenoxy) is 1. The molecule has 1 nitrogen and oxygen atoms in total. The number of hydrogen-bond acceptors (Lipinski definition) is 1. The molecule has 1 heterocycles. The fourth-order valence-electron chi connectivity index (χ4n) is 8.48. The normalized spacial score (nSPS) is 12.1. The largest absolute Gasteiger partial charge is 0.456 e.